The highest BCUT2D eigenvalue weighted by Crippen LogP contribution is 2.43. The lowest BCUT2D eigenvalue weighted by molar-refractivity contribution is -0.0742. The fourth-order valence-electron chi connectivity index (χ4n) is 3.60. The molecular weight excluding hydrogens is 212 g/mol. The van der Waals surface area contributed by atoms with Crippen LogP contribution in [0.5, 0.6) is 0 Å². The molecule has 2 rings (SSSR count). The van der Waals surface area contributed by atoms with Crippen molar-refractivity contribution >= 4 is 0 Å². The monoisotopic (exact) mass is 240 g/mol. The van der Waals surface area contributed by atoms with Gasteiger partial charge in [-0.1, -0.05) is 33.1 Å². The lowest BCUT2D eigenvalue weighted by atomic mass is 9.83. The second kappa shape index (κ2) is 5.71. The van der Waals surface area contributed by atoms with E-state index in [0.717, 1.165) is 12.8 Å². The second-order valence-electron chi connectivity index (χ2n) is 6.21. The summed E-state index contributed by atoms with van der Waals surface area (Å²) < 4.78 is 6.34. The van der Waals surface area contributed by atoms with Crippen LogP contribution in [0.2, 0.25) is 0 Å². The Hall–Kier alpha value is -0.0800. The summed E-state index contributed by atoms with van der Waals surface area (Å²) >= 11 is 0. The molecule has 0 bridgehead atoms. The van der Waals surface area contributed by atoms with E-state index in [1.54, 1.807) is 0 Å². The zero-order valence-corrected chi connectivity index (χ0v) is 11.5. The van der Waals surface area contributed by atoms with E-state index in [1.165, 1.54) is 44.9 Å². The molecule has 1 saturated heterocycles. The Labute approximate surface area is 106 Å². The Balaban J connectivity index is 1.81. The van der Waals surface area contributed by atoms with Gasteiger partial charge in [0.15, 0.2) is 0 Å². The third-order valence-electron chi connectivity index (χ3n) is 4.81. The van der Waals surface area contributed by atoms with E-state index in [4.69, 9.17) is 4.74 Å². The molecule has 3 atom stereocenters. The molecule has 17 heavy (non-hydrogen) atoms. The number of rotatable bonds is 4. The van der Waals surface area contributed by atoms with Gasteiger partial charge in [0.05, 0.1) is 17.8 Å². The zero-order chi connectivity index (χ0) is 12.3. The highest BCUT2D eigenvalue weighted by Gasteiger charge is 2.41. The summed E-state index contributed by atoms with van der Waals surface area (Å²) in [5.41, 5.74) is 0.236. The van der Waals surface area contributed by atoms with Gasteiger partial charge in [0.25, 0.3) is 0 Å². The fourth-order valence-corrected chi connectivity index (χ4v) is 3.60. The van der Waals surface area contributed by atoms with Gasteiger partial charge in [0.2, 0.25) is 0 Å². The van der Waals surface area contributed by atoms with Crippen molar-refractivity contribution in [1.82, 2.24) is 0 Å². The normalized spacial score (nSPS) is 31.6. The topological polar surface area (TPSA) is 29.5 Å². The highest BCUT2D eigenvalue weighted by atomic mass is 16.5. The highest BCUT2D eigenvalue weighted by molar-refractivity contribution is 4.91. The third kappa shape index (κ3) is 3.23. The molecule has 1 N–H and O–H groups in total. The average molecular weight is 240 g/mol. The summed E-state index contributed by atoms with van der Waals surface area (Å²) in [5, 5.41) is 9.83. The lowest BCUT2D eigenvalue weighted by Gasteiger charge is -2.34. The first-order valence-corrected chi connectivity index (χ1v) is 7.51. The van der Waals surface area contributed by atoms with E-state index in [0.29, 0.717) is 12.0 Å². The van der Waals surface area contributed by atoms with Crippen LogP contribution in [0, 0.1) is 5.92 Å². The van der Waals surface area contributed by atoms with Crippen molar-refractivity contribution in [3.63, 3.8) is 0 Å². The summed E-state index contributed by atoms with van der Waals surface area (Å²) in [6.45, 7) is 4.21. The van der Waals surface area contributed by atoms with Crippen molar-refractivity contribution in [2.45, 2.75) is 89.4 Å². The van der Waals surface area contributed by atoms with Gasteiger partial charge in [-0.05, 0) is 44.4 Å². The van der Waals surface area contributed by atoms with E-state index in [-0.39, 0.29) is 11.7 Å². The molecule has 2 heteroatoms. The van der Waals surface area contributed by atoms with Gasteiger partial charge in [-0.15, -0.1) is 0 Å². The maximum Gasteiger partial charge on any atom is 0.0687 e. The Morgan fingerprint density at radius 2 is 1.94 bits per heavy atom. The minimum atomic E-state index is -0.151. The molecule has 1 spiro atoms. The van der Waals surface area contributed by atoms with Gasteiger partial charge in [-0.2, -0.15) is 0 Å². The molecular formula is C15H28O2. The maximum atomic E-state index is 9.83. The molecule has 1 saturated carbocycles. The Bertz CT molecular complexity index is 233. The van der Waals surface area contributed by atoms with Crippen molar-refractivity contribution in [3.05, 3.63) is 0 Å². The molecule has 2 fully saturated rings. The molecule has 0 aromatic carbocycles. The molecule has 2 aliphatic rings. The first kappa shape index (κ1) is 13.4. The van der Waals surface area contributed by atoms with Crippen molar-refractivity contribution in [2.24, 2.45) is 5.92 Å². The van der Waals surface area contributed by atoms with Gasteiger partial charge in [0, 0.05) is 0 Å². The SMILES string of the molecule is CCC(O)C(C)CC1CCC2(CCCCC2)O1. The number of ether oxygens (including phenoxy) is 1. The predicted molar refractivity (Wildman–Crippen MR) is 70.0 cm³/mol. The van der Waals surface area contributed by atoms with Gasteiger partial charge in [0.1, 0.15) is 0 Å². The molecule has 0 amide bonds. The standard InChI is InChI=1S/C15H28O2/c1-3-14(16)12(2)11-13-7-10-15(17-13)8-5-4-6-9-15/h12-14,16H,3-11H2,1-2H3. The van der Waals surface area contributed by atoms with E-state index in [1.807, 2.05) is 0 Å². The predicted octanol–water partition coefficient (Wildman–Crippen LogP) is 3.67. The van der Waals surface area contributed by atoms with Crippen LogP contribution >= 0.6 is 0 Å². The van der Waals surface area contributed by atoms with Crippen LogP contribution in [0.4, 0.5) is 0 Å². The largest absolute Gasteiger partial charge is 0.393 e. The molecule has 100 valence electrons. The van der Waals surface area contributed by atoms with Crippen molar-refractivity contribution in [3.8, 4) is 0 Å². The first-order valence-electron chi connectivity index (χ1n) is 7.51. The smallest absolute Gasteiger partial charge is 0.0687 e. The number of hydrogen-bond donors (Lipinski definition) is 1. The fraction of sp³-hybridized carbons (Fsp3) is 1.00. The number of aliphatic hydroxyl groups excluding tert-OH is 1. The van der Waals surface area contributed by atoms with E-state index in [9.17, 15) is 5.11 Å². The van der Waals surface area contributed by atoms with Crippen LogP contribution < -0.4 is 0 Å². The number of hydrogen-bond acceptors (Lipinski definition) is 2. The van der Waals surface area contributed by atoms with E-state index < -0.39 is 0 Å². The Morgan fingerprint density at radius 3 is 2.59 bits per heavy atom. The molecule has 1 aliphatic heterocycles. The summed E-state index contributed by atoms with van der Waals surface area (Å²) in [6, 6.07) is 0. The summed E-state index contributed by atoms with van der Waals surface area (Å²) in [7, 11) is 0. The minimum Gasteiger partial charge on any atom is -0.393 e. The molecule has 1 heterocycles. The molecule has 0 radical (unpaired) electrons. The lowest BCUT2D eigenvalue weighted by Crippen LogP contribution is -2.32. The van der Waals surface area contributed by atoms with Crippen LogP contribution in [0.25, 0.3) is 0 Å². The number of aliphatic hydroxyl groups is 1. The summed E-state index contributed by atoms with van der Waals surface area (Å²) in [5.74, 6) is 0.378. The van der Waals surface area contributed by atoms with Crippen LogP contribution in [0.15, 0.2) is 0 Å². The van der Waals surface area contributed by atoms with Crippen LogP contribution in [-0.4, -0.2) is 22.9 Å². The van der Waals surface area contributed by atoms with E-state index >= 15 is 0 Å². The Kier molecular flexibility index (Phi) is 4.48. The Morgan fingerprint density at radius 1 is 1.24 bits per heavy atom. The van der Waals surface area contributed by atoms with Gasteiger partial charge in [-0.3, -0.25) is 0 Å². The summed E-state index contributed by atoms with van der Waals surface area (Å²) in [6.07, 6.45) is 11.2. The zero-order valence-electron chi connectivity index (χ0n) is 11.5. The minimum absolute atomic E-state index is 0.151. The van der Waals surface area contributed by atoms with Crippen LogP contribution in [0.3, 0.4) is 0 Å². The summed E-state index contributed by atoms with van der Waals surface area (Å²) in [4.78, 5) is 0. The van der Waals surface area contributed by atoms with Gasteiger partial charge < -0.3 is 9.84 Å². The molecule has 1 aliphatic carbocycles. The average Bonchev–Trinajstić information content (AvgIpc) is 2.72. The molecule has 3 unspecified atom stereocenters. The van der Waals surface area contributed by atoms with E-state index in [2.05, 4.69) is 13.8 Å². The van der Waals surface area contributed by atoms with Crippen LogP contribution in [0.1, 0.15) is 71.6 Å². The third-order valence-corrected chi connectivity index (χ3v) is 4.81. The van der Waals surface area contributed by atoms with Gasteiger partial charge in [-0.25, -0.2) is 0 Å². The van der Waals surface area contributed by atoms with Crippen molar-refractivity contribution in [1.29, 1.82) is 0 Å². The van der Waals surface area contributed by atoms with Gasteiger partial charge >= 0.3 is 0 Å². The first-order chi connectivity index (χ1) is 8.15. The molecule has 2 nitrogen and oxygen atoms in total. The molecule has 0 aromatic rings. The van der Waals surface area contributed by atoms with Crippen molar-refractivity contribution < 1.29 is 9.84 Å². The van der Waals surface area contributed by atoms with Crippen molar-refractivity contribution in [2.75, 3.05) is 0 Å². The maximum absolute atomic E-state index is 9.83. The van der Waals surface area contributed by atoms with Crippen LogP contribution in [-0.2, 0) is 4.74 Å². The molecule has 0 aromatic heterocycles. The second-order valence-corrected chi connectivity index (χ2v) is 6.21. The quantitative estimate of drug-likeness (QED) is 0.812.